The molecule has 0 radical (unpaired) electrons. The van der Waals surface area contributed by atoms with E-state index in [0.717, 1.165) is 19.4 Å². The molecule has 0 bridgehead atoms. The zero-order valence-corrected chi connectivity index (χ0v) is 9.60. The standard InChI is InChI=1S/C10H17N5O/c1-7-5-8(3-4-15(7)2)12-10(16)9-6-11-14-13-9/h6-8H,3-5H2,1-2H3,(H,12,16)(H,11,13,14). The van der Waals surface area contributed by atoms with E-state index in [1.165, 1.54) is 6.20 Å². The lowest BCUT2D eigenvalue weighted by molar-refractivity contribution is 0.0891. The minimum atomic E-state index is -0.143. The summed E-state index contributed by atoms with van der Waals surface area (Å²) in [6.45, 7) is 3.19. The predicted molar refractivity (Wildman–Crippen MR) is 59.0 cm³/mol. The Balaban J connectivity index is 1.89. The van der Waals surface area contributed by atoms with Gasteiger partial charge in [-0.3, -0.25) is 4.79 Å². The van der Waals surface area contributed by atoms with Gasteiger partial charge in [-0.1, -0.05) is 0 Å². The topological polar surface area (TPSA) is 73.9 Å². The molecule has 1 aliphatic rings. The normalized spacial score (nSPS) is 26.6. The van der Waals surface area contributed by atoms with Gasteiger partial charge in [0.05, 0.1) is 6.20 Å². The van der Waals surface area contributed by atoms with Crippen LogP contribution in [0.2, 0.25) is 0 Å². The van der Waals surface area contributed by atoms with E-state index < -0.39 is 0 Å². The number of nitrogens with zero attached hydrogens (tertiary/aromatic N) is 3. The maximum atomic E-state index is 11.7. The maximum Gasteiger partial charge on any atom is 0.273 e. The van der Waals surface area contributed by atoms with Crippen molar-refractivity contribution in [1.29, 1.82) is 0 Å². The molecular formula is C10H17N5O. The Morgan fingerprint density at radius 2 is 2.50 bits per heavy atom. The van der Waals surface area contributed by atoms with E-state index >= 15 is 0 Å². The number of likely N-dealkylation sites (tertiary alicyclic amines) is 1. The molecule has 6 heteroatoms. The minimum absolute atomic E-state index is 0.143. The Kier molecular flexibility index (Phi) is 3.19. The number of rotatable bonds is 2. The van der Waals surface area contributed by atoms with Crippen LogP contribution >= 0.6 is 0 Å². The average Bonchev–Trinajstić information content (AvgIpc) is 2.77. The molecule has 2 unspecified atom stereocenters. The summed E-state index contributed by atoms with van der Waals surface area (Å²) in [4.78, 5) is 14.0. The van der Waals surface area contributed by atoms with Crippen LogP contribution in [0.25, 0.3) is 0 Å². The van der Waals surface area contributed by atoms with Crippen molar-refractivity contribution in [2.24, 2.45) is 0 Å². The first-order chi connectivity index (χ1) is 7.66. The van der Waals surface area contributed by atoms with Crippen LogP contribution in [0, 0.1) is 0 Å². The lowest BCUT2D eigenvalue weighted by Crippen LogP contribution is -2.47. The quantitative estimate of drug-likeness (QED) is 0.741. The Bertz CT molecular complexity index is 350. The van der Waals surface area contributed by atoms with Crippen molar-refractivity contribution in [1.82, 2.24) is 25.6 Å². The summed E-state index contributed by atoms with van der Waals surface area (Å²) in [6.07, 6.45) is 3.41. The molecule has 1 aromatic heterocycles. The van der Waals surface area contributed by atoms with Crippen LogP contribution in [-0.2, 0) is 0 Å². The number of H-pyrrole nitrogens is 1. The van der Waals surface area contributed by atoms with Crippen molar-refractivity contribution in [3.8, 4) is 0 Å². The summed E-state index contributed by atoms with van der Waals surface area (Å²) < 4.78 is 0. The highest BCUT2D eigenvalue weighted by atomic mass is 16.2. The third-order valence-corrected chi connectivity index (χ3v) is 3.19. The van der Waals surface area contributed by atoms with Gasteiger partial charge in [0.25, 0.3) is 5.91 Å². The summed E-state index contributed by atoms with van der Waals surface area (Å²) >= 11 is 0. The van der Waals surface area contributed by atoms with E-state index in [9.17, 15) is 4.79 Å². The summed E-state index contributed by atoms with van der Waals surface area (Å²) in [5.74, 6) is -0.143. The molecule has 0 saturated carbocycles. The number of carbonyl (C=O) groups excluding carboxylic acids is 1. The highest BCUT2D eigenvalue weighted by Crippen LogP contribution is 2.15. The number of amides is 1. The predicted octanol–water partition coefficient (Wildman–Crippen LogP) is 0.0172. The van der Waals surface area contributed by atoms with Crippen LogP contribution < -0.4 is 5.32 Å². The molecule has 6 nitrogen and oxygen atoms in total. The number of hydrogen-bond acceptors (Lipinski definition) is 4. The first kappa shape index (κ1) is 11.1. The fourth-order valence-corrected chi connectivity index (χ4v) is 1.99. The Hall–Kier alpha value is -1.43. The van der Waals surface area contributed by atoms with Gasteiger partial charge >= 0.3 is 0 Å². The van der Waals surface area contributed by atoms with Crippen LogP contribution in [0.5, 0.6) is 0 Å². The molecule has 2 N–H and O–H groups in total. The van der Waals surface area contributed by atoms with E-state index in [2.05, 4.69) is 39.6 Å². The van der Waals surface area contributed by atoms with Crippen molar-refractivity contribution >= 4 is 5.91 Å². The van der Waals surface area contributed by atoms with Gasteiger partial charge in [-0.25, -0.2) is 0 Å². The molecular weight excluding hydrogens is 206 g/mol. The van der Waals surface area contributed by atoms with E-state index in [1.54, 1.807) is 0 Å². The van der Waals surface area contributed by atoms with Gasteiger partial charge in [-0.15, -0.1) is 0 Å². The smallest absolute Gasteiger partial charge is 0.273 e. The van der Waals surface area contributed by atoms with Gasteiger partial charge in [0.15, 0.2) is 5.69 Å². The van der Waals surface area contributed by atoms with Gasteiger partial charge in [-0.2, -0.15) is 15.4 Å². The Morgan fingerprint density at radius 3 is 3.12 bits per heavy atom. The molecule has 16 heavy (non-hydrogen) atoms. The third kappa shape index (κ3) is 2.38. The van der Waals surface area contributed by atoms with Gasteiger partial charge in [0.2, 0.25) is 0 Å². The van der Waals surface area contributed by atoms with Crippen LogP contribution in [0.3, 0.4) is 0 Å². The van der Waals surface area contributed by atoms with Crippen molar-refractivity contribution in [2.75, 3.05) is 13.6 Å². The van der Waals surface area contributed by atoms with Gasteiger partial charge in [0.1, 0.15) is 0 Å². The highest BCUT2D eigenvalue weighted by Gasteiger charge is 2.24. The second-order valence-corrected chi connectivity index (χ2v) is 4.38. The molecule has 1 aromatic rings. The molecule has 1 saturated heterocycles. The SMILES string of the molecule is CC1CC(NC(=O)c2cn[nH]n2)CCN1C. The van der Waals surface area contributed by atoms with E-state index in [1.807, 2.05) is 0 Å². The largest absolute Gasteiger partial charge is 0.348 e. The van der Waals surface area contributed by atoms with Gasteiger partial charge in [0, 0.05) is 18.6 Å². The number of aromatic amines is 1. The fraction of sp³-hybridized carbons (Fsp3) is 0.700. The number of nitrogens with one attached hydrogen (secondary N) is 2. The fourth-order valence-electron chi connectivity index (χ4n) is 1.99. The zero-order chi connectivity index (χ0) is 11.5. The van der Waals surface area contributed by atoms with E-state index in [-0.39, 0.29) is 11.9 Å². The average molecular weight is 223 g/mol. The van der Waals surface area contributed by atoms with Crippen molar-refractivity contribution in [3.63, 3.8) is 0 Å². The third-order valence-electron chi connectivity index (χ3n) is 3.19. The Labute approximate surface area is 94.4 Å². The first-order valence-corrected chi connectivity index (χ1v) is 5.53. The van der Waals surface area contributed by atoms with Crippen LogP contribution in [0.4, 0.5) is 0 Å². The molecule has 0 aliphatic carbocycles. The number of carbonyl (C=O) groups is 1. The highest BCUT2D eigenvalue weighted by molar-refractivity contribution is 5.91. The summed E-state index contributed by atoms with van der Waals surface area (Å²) in [6, 6.07) is 0.756. The van der Waals surface area contributed by atoms with Crippen molar-refractivity contribution < 1.29 is 4.79 Å². The van der Waals surface area contributed by atoms with Crippen LogP contribution in [-0.4, -0.2) is 51.9 Å². The molecule has 0 aromatic carbocycles. The molecule has 1 amide bonds. The first-order valence-electron chi connectivity index (χ1n) is 5.53. The lowest BCUT2D eigenvalue weighted by atomic mass is 9.99. The van der Waals surface area contributed by atoms with E-state index in [0.29, 0.717) is 11.7 Å². The summed E-state index contributed by atoms with van der Waals surface area (Å²) in [5, 5.41) is 12.8. The van der Waals surface area contributed by atoms with Crippen molar-refractivity contribution in [2.45, 2.75) is 31.8 Å². The second kappa shape index (κ2) is 4.61. The van der Waals surface area contributed by atoms with E-state index in [4.69, 9.17) is 0 Å². The minimum Gasteiger partial charge on any atom is -0.348 e. The number of aromatic nitrogens is 3. The number of hydrogen-bond donors (Lipinski definition) is 2. The number of piperidine rings is 1. The van der Waals surface area contributed by atoms with Crippen LogP contribution in [0.1, 0.15) is 30.3 Å². The second-order valence-electron chi connectivity index (χ2n) is 4.38. The molecule has 2 atom stereocenters. The molecule has 2 heterocycles. The molecule has 88 valence electrons. The maximum absolute atomic E-state index is 11.7. The zero-order valence-electron chi connectivity index (χ0n) is 9.60. The monoisotopic (exact) mass is 223 g/mol. The summed E-state index contributed by atoms with van der Waals surface area (Å²) in [7, 11) is 2.11. The molecule has 0 spiro atoms. The van der Waals surface area contributed by atoms with Crippen molar-refractivity contribution in [3.05, 3.63) is 11.9 Å². The van der Waals surface area contributed by atoms with Gasteiger partial charge < -0.3 is 10.2 Å². The van der Waals surface area contributed by atoms with Crippen LogP contribution in [0.15, 0.2) is 6.20 Å². The molecule has 1 aliphatic heterocycles. The molecule has 1 fully saturated rings. The lowest BCUT2D eigenvalue weighted by Gasteiger charge is -2.35. The van der Waals surface area contributed by atoms with Gasteiger partial charge in [-0.05, 0) is 26.8 Å². The summed E-state index contributed by atoms with van der Waals surface area (Å²) in [5.41, 5.74) is 0.353. The Morgan fingerprint density at radius 1 is 1.69 bits per heavy atom. The molecule has 2 rings (SSSR count).